The Balaban J connectivity index is 0.989. The molecule has 3 aromatic heterocycles. The fraction of sp³-hybridized carbons (Fsp3) is 0. The molecule has 10 aromatic carbocycles. The van der Waals surface area contributed by atoms with Gasteiger partial charge in [-0.1, -0.05) is 140 Å². The summed E-state index contributed by atoms with van der Waals surface area (Å²) in [6.07, 6.45) is 0. The highest BCUT2D eigenvalue weighted by molar-refractivity contribution is 6.19. The Morgan fingerprint density at radius 3 is 1.82 bits per heavy atom. The van der Waals surface area contributed by atoms with Crippen LogP contribution in [0.5, 0.6) is 0 Å². The van der Waals surface area contributed by atoms with Crippen LogP contribution in [0.1, 0.15) is 0 Å². The van der Waals surface area contributed by atoms with Gasteiger partial charge in [-0.3, -0.25) is 0 Å². The molecule has 4 heteroatoms. The van der Waals surface area contributed by atoms with Crippen molar-refractivity contribution >= 4 is 93.5 Å². The average Bonchev–Trinajstić information content (AvgIpc) is 4.02. The second kappa shape index (κ2) is 13.6. The zero-order valence-electron chi connectivity index (χ0n) is 33.5. The fourth-order valence-electron chi connectivity index (χ4n) is 9.76. The van der Waals surface area contributed by atoms with E-state index in [-0.39, 0.29) is 0 Å². The van der Waals surface area contributed by atoms with Gasteiger partial charge >= 0.3 is 0 Å². The van der Waals surface area contributed by atoms with Crippen molar-refractivity contribution in [1.29, 1.82) is 0 Å². The van der Waals surface area contributed by atoms with E-state index in [0.29, 0.717) is 0 Å². The van der Waals surface area contributed by atoms with Gasteiger partial charge in [0, 0.05) is 49.3 Å². The third-order valence-corrected chi connectivity index (χ3v) is 12.6. The summed E-state index contributed by atoms with van der Waals surface area (Å²) in [5, 5.41) is 9.16. The van der Waals surface area contributed by atoms with E-state index in [4.69, 9.17) is 8.83 Å². The minimum Gasteiger partial charge on any atom is -0.456 e. The quantitative estimate of drug-likeness (QED) is 0.168. The van der Waals surface area contributed by atoms with Crippen LogP contribution in [0.15, 0.2) is 227 Å². The molecular formula is C58H36N2O2. The van der Waals surface area contributed by atoms with E-state index in [0.717, 1.165) is 99.7 Å². The second-order valence-corrected chi connectivity index (χ2v) is 16.0. The summed E-state index contributed by atoms with van der Waals surface area (Å²) in [4.78, 5) is 2.37. The highest BCUT2D eigenvalue weighted by Gasteiger charge is 2.22. The number of aromatic nitrogens is 1. The number of hydrogen-bond acceptors (Lipinski definition) is 3. The Hall–Kier alpha value is -8.34. The highest BCUT2D eigenvalue weighted by Crippen LogP contribution is 2.46. The van der Waals surface area contributed by atoms with Crippen molar-refractivity contribution in [3.8, 4) is 27.9 Å². The van der Waals surface area contributed by atoms with Gasteiger partial charge in [0.05, 0.1) is 27.8 Å². The van der Waals surface area contributed by atoms with Crippen molar-refractivity contribution < 1.29 is 8.83 Å². The maximum absolute atomic E-state index is 6.73. The molecule has 13 aromatic rings. The first kappa shape index (κ1) is 34.5. The van der Waals surface area contributed by atoms with Crippen molar-refractivity contribution in [3.63, 3.8) is 0 Å². The summed E-state index contributed by atoms with van der Waals surface area (Å²) in [6.45, 7) is 0. The molecule has 0 aliphatic carbocycles. The third-order valence-electron chi connectivity index (χ3n) is 12.6. The van der Waals surface area contributed by atoms with Crippen molar-refractivity contribution in [2.45, 2.75) is 0 Å². The number of anilines is 3. The number of furan rings is 2. The monoisotopic (exact) mass is 792 g/mol. The van der Waals surface area contributed by atoms with E-state index >= 15 is 0 Å². The van der Waals surface area contributed by atoms with Gasteiger partial charge in [-0.2, -0.15) is 0 Å². The van der Waals surface area contributed by atoms with Crippen LogP contribution in [-0.4, -0.2) is 4.57 Å². The fourth-order valence-corrected chi connectivity index (χ4v) is 9.76. The molecule has 0 saturated heterocycles. The summed E-state index contributed by atoms with van der Waals surface area (Å²) < 4.78 is 15.5. The van der Waals surface area contributed by atoms with Crippen LogP contribution in [0.2, 0.25) is 0 Å². The standard InChI is InChI=1S/C58H36N2O2/c1-2-17-44-37(13-1)29-34-49-57-53(24-12-26-55(57)62-58(44)49)59(42-15-11-14-39(35-42)40-30-33-48-47-20-6-10-25-54(47)61-56(48)36-40)41-31-27-38(28-32-41)43-16-3-7-21-50(43)60-51-22-8-4-18-45(51)46-19-5-9-23-52(46)60/h1-36H. The Kier molecular flexibility index (Phi) is 7.57. The lowest BCUT2D eigenvalue weighted by molar-refractivity contribution is 0.669. The molecule has 62 heavy (non-hydrogen) atoms. The van der Waals surface area contributed by atoms with Crippen molar-refractivity contribution in [2.24, 2.45) is 0 Å². The minimum absolute atomic E-state index is 0.849. The third kappa shape index (κ3) is 5.27. The van der Waals surface area contributed by atoms with E-state index < -0.39 is 0 Å². The van der Waals surface area contributed by atoms with Gasteiger partial charge in [-0.05, 0) is 101 Å². The zero-order valence-corrected chi connectivity index (χ0v) is 33.5. The molecule has 0 bridgehead atoms. The maximum atomic E-state index is 6.73. The summed E-state index contributed by atoms with van der Waals surface area (Å²) in [7, 11) is 0. The second-order valence-electron chi connectivity index (χ2n) is 16.0. The number of nitrogens with zero attached hydrogens (tertiary/aromatic N) is 2. The number of fused-ring (bicyclic) bond motifs is 11. The van der Waals surface area contributed by atoms with Crippen LogP contribution in [0.4, 0.5) is 17.1 Å². The van der Waals surface area contributed by atoms with Crippen molar-refractivity contribution in [1.82, 2.24) is 4.57 Å². The van der Waals surface area contributed by atoms with Gasteiger partial charge in [-0.15, -0.1) is 0 Å². The first-order chi connectivity index (χ1) is 30.7. The van der Waals surface area contributed by atoms with Crippen LogP contribution in [0, 0.1) is 0 Å². The van der Waals surface area contributed by atoms with Crippen LogP contribution >= 0.6 is 0 Å². The Morgan fingerprint density at radius 2 is 0.984 bits per heavy atom. The van der Waals surface area contributed by atoms with Gasteiger partial charge in [0.1, 0.15) is 22.3 Å². The minimum atomic E-state index is 0.849. The van der Waals surface area contributed by atoms with E-state index in [1.54, 1.807) is 0 Å². The van der Waals surface area contributed by atoms with E-state index in [1.165, 1.54) is 21.8 Å². The van der Waals surface area contributed by atoms with Crippen LogP contribution in [-0.2, 0) is 0 Å². The molecule has 0 spiro atoms. The van der Waals surface area contributed by atoms with Gasteiger partial charge in [-0.25, -0.2) is 0 Å². The number of para-hydroxylation sites is 4. The number of hydrogen-bond donors (Lipinski definition) is 0. The lowest BCUT2D eigenvalue weighted by Gasteiger charge is -2.27. The van der Waals surface area contributed by atoms with Crippen molar-refractivity contribution in [3.05, 3.63) is 218 Å². The predicted octanol–water partition coefficient (Wildman–Crippen LogP) is 16.5. The van der Waals surface area contributed by atoms with E-state index in [2.05, 4.69) is 216 Å². The molecule has 0 fully saturated rings. The van der Waals surface area contributed by atoms with Gasteiger partial charge in [0.15, 0.2) is 0 Å². The van der Waals surface area contributed by atoms with Gasteiger partial charge in [0.2, 0.25) is 0 Å². The summed E-state index contributed by atoms with van der Waals surface area (Å²) in [6, 6.07) is 78.0. The molecule has 0 unspecified atom stereocenters. The first-order valence-corrected chi connectivity index (χ1v) is 21.1. The SMILES string of the molecule is c1cc(-c2ccc3c(c2)oc2ccccc23)cc(N(c2ccc(-c3ccccc3-n3c4ccccc4c4ccccc43)cc2)c2cccc3oc4c5ccccc5ccc4c23)c1. The molecule has 0 N–H and O–H groups in total. The van der Waals surface area contributed by atoms with Gasteiger partial charge < -0.3 is 18.3 Å². The highest BCUT2D eigenvalue weighted by atomic mass is 16.3. The molecule has 3 heterocycles. The molecule has 13 rings (SSSR count). The van der Waals surface area contributed by atoms with E-state index in [9.17, 15) is 0 Å². The molecule has 290 valence electrons. The number of rotatable bonds is 6. The van der Waals surface area contributed by atoms with Crippen LogP contribution < -0.4 is 4.90 Å². The van der Waals surface area contributed by atoms with E-state index in [1.807, 2.05) is 12.1 Å². The number of benzene rings is 10. The molecule has 0 aliphatic rings. The molecule has 0 saturated carbocycles. The Morgan fingerprint density at radius 1 is 0.355 bits per heavy atom. The average molecular weight is 793 g/mol. The van der Waals surface area contributed by atoms with Gasteiger partial charge in [0.25, 0.3) is 0 Å². The largest absolute Gasteiger partial charge is 0.456 e. The normalized spacial score (nSPS) is 11.9. The molecule has 0 atom stereocenters. The molecular weight excluding hydrogens is 757 g/mol. The predicted molar refractivity (Wildman–Crippen MR) is 258 cm³/mol. The summed E-state index contributed by atoms with van der Waals surface area (Å²) >= 11 is 0. The summed E-state index contributed by atoms with van der Waals surface area (Å²) in [5.74, 6) is 0. The lowest BCUT2D eigenvalue weighted by atomic mass is 10.0. The topological polar surface area (TPSA) is 34.5 Å². The van der Waals surface area contributed by atoms with Crippen LogP contribution in [0.25, 0.3) is 104 Å². The first-order valence-electron chi connectivity index (χ1n) is 21.1. The molecule has 0 radical (unpaired) electrons. The van der Waals surface area contributed by atoms with Crippen molar-refractivity contribution in [2.75, 3.05) is 4.90 Å². The lowest BCUT2D eigenvalue weighted by Crippen LogP contribution is -2.10. The smallest absolute Gasteiger partial charge is 0.143 e. The molecule has 0 aliphatic heterocycles. The van der Waals surface area contributed by atoms with Crippen LogP contribution in [0.3, 0.4) is 0 Å². The summed E-state index contributed by atoms with van der Waals surface area (Å²) in [5.41, 5.74) is 14.7. The Bertz CT molecular complexity index is 3830. The Labute approximate surface area is 356 Å². The maximum Gasteiger partial charge on any atom is 0.143 e. The molecule has 4 nitrogen and oxygen atoms in total. The molecule has 0 amide bonds. The zero-order chi connectivity index (χ0) is 40.7.